The summed E-state index contributed by atoms with van der Waals surface area (Å²) >= 11 is 5.46. The van der Waals surface area contributed by atoms with E-state index in [1.165, 1.54) is 0 Å². The van der Waals surface area contributed by atoms with Crippen molar-refractivity contribution in [1.29, 1.82) is 0 Å². The van der Waals surface area contributed by atoms with Crippen LogP contribution in [0.3, 0.4) is 0 Å². The lowest BCUT2D eigenvalue weighted by Crippen LogP contribution is -2.23. The number of nitrogens with two attached hydrogens (primary N) is 1. The second-order valence-electron chi connectivity index (χ2n) is 2.09. The van der Waals surface area contributed by atoms with Crippen molar-refractivity contribution in [2.45, 2.75) is 6.17 Å². The third-order valence-electron chi connectivity index (χ3n) is 1.24. The van der Waals surface area contributed by atoms with Crippen LogP contribution in [-0.4, -0.2) is 23.8 Å². The molecule has 1 unspecified atom stereocenters. The first-order valence-electron chi connectivity index (χ1n) is 2.97. The zero-order valence-corrected chi connectivity index (χ0v) is 6.31. The van der Waals surface area contributed by atoms with E-state index in [4.69, 9.17) is 17.3 Å². The molecule has 0 spiro atoms. The minimum atomic E-state index is -1.25. The molecule has 1 heterocycles. The van der Waals surface area contributed by atoms with Gasteiger partial charge < -0.3 is 5.73 Å². The Labute approximate surface area is 67.7 Å². The molecular weight excluding hydrogens is 171 g/mol. The van der Waals surface area contributed by atoms with E-state index in [0.717, 1.165) is 6.08 Å². The van der Waals surface area contributed by atoms with E-state index >= 15 is 0 Å². The van der Waals surface area contributed by atoms with Crippen molar-refractivity contribution >= 4 is 22.7 Å². The van der Waals surface area contributed by atoms with Crippen LogP contribution in [0.15, 0.2) is 16.6 Å². The minimum Gasteiger partial charge on any atom is -0.366 e. The molecule has 1 rings (SSSR count). The molecule has 0 bridgehead atoms. The van der Waals surface area contributed by atoms with Crippen LogP contribution in [0.25, 0.3) is 0 Å². The van der Waals surface area contributed by atoms with Gasteiger partial charge in [-0.25, -0.2) is 4.39 Å². The average molecular weight is 177 g/mol. The Morgan fingerprint density at radius 2 is 2.55 bits per heavy atom. The van der Waals surface area contributed by atoms with Gasteiger partial charge >= 0.3 is 0 Å². The molecular formula is C6H6ClFN2O. The Kier molecular flexibility index (Phi) is 2.24. The van der Waals surface area contributed by atoms with Crippen molar-refractivity contribution in [3.05, 3.63) is 11.6 Å². The number of nitrogens with zero attached hydrogens (tertiary/aromatic N) is 1. The van der Waals surface area contributed by atoms with Crippen molar-refractivity contribution in [3.8, 4) is 0 Å². The Morgan fingerprint density at radius 1 is 1.91 bits per heavy atom. The van der Waals surface area contributed by atoms with Gasteiger partial charge in [0.05, 0.1) is 12.1 Å². The van der Waals surface area contributed by atoms with Crippen molar-refractivity contribution in [2.75, 3.05) is 6.54 Å². The van der Waals surface area contributed by atoms with Crippen LogP contribution in [0.1, 0.15) is 0 Å². The first-order chi connectivity index (χ1) is 5.11. The number of dihydropyridines is 1. The number of carbonyl (C=O) groups excluding carboxylic acids is 1. The maximum absolute atomic E-state index is 12.5. The number of halogens is 2. The molecule has 11 heavy (non-hydrogen) atoms. The van der Waals surface area contributed by atoms with Gasteiger partial charge in [-0.1, -0.05) is 11.6 Å². The fourth-order valence-corrected chi connectivity index (χ4v) is 0.964. The second-order valence-corrected chi connectivity index (χ2v) is 2.45. The number of rotatable bonds is 1. The molecule has 1 aliphatic heterocycles. The Balaban J connectivity index is 2.90. The minimum absolute atomic E-state index is 0.00796. The van der Waals surface area contributed by atoms with Crippen LogP contribution in [0.2, 0.25) is 0 Å². The maximum atomic E-state index is 12.5. The monoisotopic (exact) mass is 176 g/mol. The predicted octanol–water partition coefficient (Wildman–Crippen LogP) is 0.387. The third kappa shape index (κ3) is 1.77. The zero-order valence-electron chi connectivity index (χ0n) is 5.55. The van der Waals surface area contributed by atoms with Crippen LogP contribution in [0.4, 0.5) is 4.39 Å². The summed E-state index contributed by atoms with van der Waals surface area (Å²) in [4.78, 5) is 14.1. The van der Waals surface area contributed by atoms with Gasteiger partial charge in [-0.05, 0) is 6.08 Å². The molecule has 0 aromatic carbocycles. The van der Waals surface area contributed by atoms with E-state index < -0.39 is 12.1 Å². The van der Waals surface area contributed by atoms with Gasteiger partial charge in [0.25, 0.3) is 5.91 Å². The molecule has 3 nitrogen and oxygen atoms in total. The Morgan fingerprint density at radius 3 is 3.00 bits per heavy atom. The molecule has 0 saturated carbocycles. The quantitative estimate of drug-likeness (QED) is 0.617. The number of hydrogen-bond acceptors (Lipinski definition) is 2. The van der Waals surface area contributed by atoms with Gasteiger partial charge in [0.2, 0.25) is 0 Å². The van der Waals surface area contributed by atoms with Crippen molar-refractivity contribution < 1.29 is 9.18 Å². The van der Waals surface area contributed by atoms with E-state index in [0.29, 0.717) is 0 Å². The molecule has 60 valence electrons. The summed E-state index contributed by atoms with van der Waals surface area (Å²) in [5.41, 5.74) is 4.84. The molecule has 0 aromatic heterocycles. The number of hydrogen-bond donors (Lipinski definition) is 1. The van der Waals surface area contributed by atoms with Gasteiger partial charge in [0, 0.05) is 0 Å². The van der Waals surface area contributed by atoms with Crippen molar-refractivity contribution in [2.24, 2.45) is 10.7 Å². The lowest BCUT2D eigenvalue weighted by Gasteiger charge is -2.09. The first kappa shape index (κ1) is 8.20. The summed E-state index contributed by atoms with van der Waals surface area (Å²) < 4.78 is 12.5. The van der Waals surface area contributed by atoms with Gasteiger partial charge in [-0.15, -0.1) is 0 Å². The molecule has 0 saturated heterocycles. The molecule has 1 amide bonds. The fraction of sp³-hybridized carbons (Fsp3) is 0.333. The van der Waals surface area contributed by atoms with E-state index in [9.17, 15) is 9.18 Å². The SMILES string of the molecule is NC(=O)C1=CC(F)CN=C1Cl. The van der Waals surface area contributed by atoms with Crippen LogP contribution in [0.5, 0.6) is 0 Å². The maximum Gasteiger partial charge on any atom is 0.251 e. The van der Waals surface area contributed by atoms with Crippen LogP contribution in [0, 0.1) is 0 Å². The van der Waals surface area contributed by atoms with Gasteiger partial charge in [-0.2, -0.15) is 0 Å². The number of amides is 1. The first-order valence-corrected chi connectivity index (χ1v) is 3.35. The highest BCUT2D eigenvalue weighted by atomic mass is 35.5. The van der Waals surface area contributed by atoms with Crippen molar-refractivity contribution in [3.63, 3.8) is 0 Å². The highest BCUT2D eigenvalue weighted by Gasteiger charge is 2.18. The Hall–Kier alpha value is -0.900. The number of carbonyl (C=O) groups is 1. The lowest BCUT2D eigenvalue weighted by atomic mass is 10.1. The van der Waals surface area contributed by atoms with Crippen LogP contribution >= 0.6 is 11.6 Å². The van der Waals surface area contributed by atoms with Gasteiger partial charge in [0.15, 0.2) is 0 Å². The molecule has 0 fully saturated rings. The summed E-state index contributed by atoms with van der Waals surface area (Å²) in [5.74, 6) is -0.749. The number of alkyl halides is 1. The molecule has 0 radical (unpaired) electrons. The van der Waals surface area contributed by atoms with E-state index in [-0.39, 0.29) is 17.3 Å². The average Bonchev–Trinajstić information content (AvgIpc) is 1.94. The van der Waals surface area contributed by atoms with Crippen molar-refractivity contribution in [1.82, 2.24) is 0 Å². The fourth-order valence-electron chi connectivity index (χ4n) is 0.739. The topological polar surface area (TPSA) is 55.5 Å². The molecule has 2 N–H and O–H groups in total. The Bertz CT molecular complexity index is 249. The second kappa shape index (κ2) is 3.00. The highest BCUT2D eigenvalue weighted by molar-refractivity contribution is 6.72. The predicted molar refractivity (Wildman–Crippen MR) is 40.3 cm³/mol. The third-order valence-corrected chi connectivity index (χ3v) is 1.56. The van der Waals surface area contributed by atoms with Gasteiger partial charge in [-0.3, -0.25) is 9.79 Å². The summed E-state index contributed by atoms with van der Waals surface area (Å²) in [6.45, 7) is -0.0321. The number of aliphatic imine (C=N–C) groups is 1. The summed E-state index contributed by atoms with van der Waals surface area (Å²) in [6, 6.07) is 0. The van der Waals surface area contributed by atoms with Gasteiger partial charge in [0.1, 0.15) is 11.3 Å². The molecule has 0 aromatic rings. The lowest BCUT2D eigenvalue weighted by molar-refractivity contribution is -0.114. The normalized spacial score (nSPS) is 24.0. The van der Waals surface area contributed by atoms with E-state index in [2.05, 4.69) is 4.99 Å². The number of primary amides is 1. The molecule has 0 aliphatic carbocycles. The van der Waals surface area contributed by atoms with Crippen LogP contribution < -0.4 is 5.73 Å². The van der Waals surface area contributed by atoms with Crippen LogP contribution in [-0.2, 0) is 4.79 Å². The van der Waals surface area contributed by atoms with E-state index in [1.807, 2.05) is 0 Å². The molecule has 5 heteroatoms. The summed E-state index contributed by atoms with van der Waals surface area (Å²) in [5, 5.41) is -0.00796. The summed E-state index contributed by atoms with van der Waals surface area (Å²) in [6.07, 6.45) is -0.169. The summed E-state index contributed by atoms with van der Waals surface area (Å²) in [7, 11) is 0. The largest absolute Gasteiger partial charge is 0.366 e. The smallest absolute Gasteiger partial charge is 0.251 e. The molecule has 1 atom stereocenters. The zero-order chi connectivity index (χ0) is 8.43. The standard InChI is InChI=1S/C6H6ClFN2O/c7-5-4(6(9)11)1-3(8)2-10-5/h1,3H,2H2,(H2,9,11). The highest BCUT2D eigenvalue weighted by Crippen LogP contribution is 2.12. The molecule has 1 aliphatic rings. The van der Waals surface area contributed by atoms with E-state index in [1.54, 1.807) is 0 Å².